The van der Waals surface area contributed by atoms with Gasteiger partial charge in [0.15, 0.2) is 6.04 Å². The second kappa shape index (κ2) is 16.8. The van der Waals surface area contributed by atoms with Crippen LogP contribution in [0.4, 0.5) is 0 Å². The molecule has 1 aromatic carbocycles. The molecule has 0 heterocycles. The van der Waals surface area contributed by atoms with Crippen molar-refractivity contribution in [3.05, 3.63) is 58.0 Å². The lowest BCUT2D eigenvalue weighted by Gasteiger charge is -2.32. The Morgan fingerprint density at radius 1 is 1.00 bits per heavy atom. The maximum Gasteiger partial charge on any atom is 0.272 e. The Hall–Kier alpha value is -2.92. The predicted molar refractivity (Wildman–Crippen MR) is 169 cm³/mol. The average molecular weight is 737 g/mol. The molecule has 0 spiro atoms. The predicted octanol–water partition coefficient (Wildman–Crippen LogP) is 1.69. The molecule has 1 aromatic rings. The van der Waals surface area contributed by atoms with Crippen molar-refractivity contribution >= 4 is 55.3 Å². The zero-order valence-corrected chi connectivity index (χ0v) is 27.9. The van der Waals surface area contributed by atoms with Gasteiger partial charge in [-0.1, -0.05) is 87.2 Å². The van der Waals surface area contributed by atoms with E-state index < -0.39 is 67.4 Å². The smallest absolute Gasteiger partial charge is 0.272 e. The first-order valence-electron chi connectivity index (χ1n) is 13.6. The standard InChI is InChI=1S/C28H41IN4O9S/c1-7-43(41,42)27(37)21(14-18(4)5)31-25(35)20(13-17(2)3)30-26(36)23(24(33(39)40)28(6,38)16-29)32-22(34)15-19-11-9-8-10-12-19/h7-12,17-18,20-21,23-24,38H,1,13-16H2,2-6H3,(H,30,36)(H,31,35)(H,32,34)/t20-,21-,23-,24?,28?/m0/s1. The summed E-state index contributed by atoms with van der Waals surface area (Å²) in [7, 11) is -4.38. The summed E-state index contributed by atoms with van der Waals surface area (Å²) < 4.78 is 24.2. The van der Waals surface area contributed by atoms with Crippen LogP contribution in [0.25, 0.3) is 0 Å². The molecule has 0 aromatic heterocycles. The van der Waals surface area contributed by atoms with Gasteiger partial charge < -0.3 is 21.1 Å². The zero-order chi connectivity index (χ0) is 33.1. The molecule has 1 rings (SSSR count). The first-order chi connectivity index (χ1) is 19.9. The van der Waals surface area contributed by atoms with Crippen LogP contribution in [0.3, 0.4) is 0 Å². The van der Waals surface area contributed by atoms with Gasteiger partial charge in [-0.3, -0.25) is 29.3 Å². The summed E-state index contributed by atoms with van der Waals surface area (Å²) in [5, 5.41) is 29.5. The van der Waals surface area contributed by atoms with E-state index in [2.05, 4.69) is 22.5 Å². The first-order valence-corrected chi connectivity index (χ1v) is 16.7. The highest BCUT2D eigenvalue weighted by molar-refractivity contribution is 14.1. The Morgan fingerprint density at radius 3 is 1.98 bits per heavy atom. The molecule has 5 atom stereocenters. The minimum absolute atomic E-state index is 0.00482. The lowest BCUT2D eigenvalue weighted by atomic mass is 9.91. The molecule has 0 radical (unpaired) electrons. The fourth-order valence-electron chi connectivity index (χ4n) is 4.28. The minimum atomic E-state index is -4.38. The number of aliphatic hydroxyl groups is 1. The van der Waals surface area contributed by atoms with Crippen molar-refractivity contribution < 1.29 is 37.6 Å². The number of carbonyl (C=O) groups excluding carboxylic acids is 4. The molecule has 13 nitrogen and oxygen atoms in total. The van der Waals surface area contributed by atoms with Gasteiger partial charge in [0, 0.05) is 14.8 Å². The number of hydrogen-bond donors (Lipinski definition) is 4. The topological polar surface area (TPSA) is 202 Å². The first kappa shape index (κ1) is 38.1. The Morgan fingerprint density at radius 2 is 1.51 bits per heavy atom. The van der Waals surface area contributed by atoms with Crippen molar-refractivity contribution in [1.82, 2.24) is 16.0 Å². The van der Waals surface area contributed by atoms with Gasteiger partial charge in [0.05, 0.1) is 6.42 Å². The molecule has 0 saturated carbocycles. The number of alkyl halides is 1. The van der Waals surface area contributed by atoms with Crippen LogP contribution in [-0.4, -0.2) is 75.5 Å². The molecular formula is C28H41IN4O9S. The van der Waals surface area contributed by atoms with Gasteiger partial charge in [-0.25, -0.2) is 8.42 Å². The van der Waals surface area contributed by atoms with E-state index in [1.807, 2.05) is 0 Å². The molecule has 2 unspecified atom stereocenters. The van der Waals surface area contributed by atoms with E-state index in [1.54, 1.807) is 80.6 Å². The van der Waals surface area contributed by atoms with E-state index in [4.69, 9.17) is 0 Å². The summed E-state index contributed by atoms with van der Waals surface area (Å²) in [6.07, 6.45) is -0.237. The molecule has 0 saturated heterocycles. The third-order valence-corrected chi connectivity index (χ3v) is 9.23. The molecule has 0 aliphatic rings. The van der Waals surface area contributed by atoms with Crippen LogP contribution < -0.4 is 16.0 Å². The number of nitro groups is 1. The number of amides is 3. The Bertz CT molecular complexity index is 1270. The average Bonchev–Trinajstić information content (AvgIpc) is 2.91. The Labute approximate surface area is 265 Å². The van der Waals surface area contributed by atoms with E-state index in [0.717, 1.165) is 6.92 Å². The van der Waals surface area contributed by atoms with Gasteiger partial charge in [-0.05, 0) is 37.2 Å². The maximum absolute atomic E-state index is 13.6. The molecular weight excluding hydrogens is 695 g/mol. The minimum Gasteiger partial charge on any atom is -0.382 e. The third kappa shape index (κ3) is 11.9. The Kier molecular flexibility index (Phi) is 14.9. The molecule has 15 heteroatoms. The highest BCUT2D eigenvalue weighted by Gasteiger charge is 2.51. The van der Waals surface area contributed by atoms with Gasteiger partial charge in [0.2, 0.25) is 21.7 Å². The lowest BCUT2D eigenvalue weighted by molar-refractivity contribution is -0.544. The lowest BCUT2D eigenvalue weighted by Crippen LogP contribution is -2.65. The summed E-state index contributed by atoms with van der Waals surface area (Å²) in [5.41, 5.74) is -1.47. The van der Waals surface area contributed by atoms with Gasteiger partial charge in [0.1, 0.15) is 17.7 Å². The molecule has 0 aliphatic carbocycles. The van der Waals surface area contributed by atoms with Crippen molar-refractivity contribution in [1.29, 1.82) is 0 Å². The number of hydrogen-bond acceptors (Lipinski definition) is 9. The van der Waals surface area contributed by atoms with E-state index >= 15 is 0 Å². The summed E-state index contributed by atoms with van der Waals surface area (Å²) in [6.45, 7) is 11.2. The van der Waals surface area contributed by atoms with Crippen molar-refractivity contribution in [3.8, 4) is 0 Å². The third-order valence-electron chi connectivity index (χ3n) is 6.41. The number of carbonyl (C=O) groups is 4. The monoisotopic (exact) mass is 736 g/mol. The van der Waals surface area contributed by atoms with Crippen molar-refractivity contribution in [2.75, 3.05) is 4.43 Å². The largest absolute Gasteiger partial charge is 0.382 e. The van der Waals surface area contributed by atoms with Crippen LogP contribution in [0.2, 0.25) is 0 Å². The molecule has 0 bridgehead atoms. The number of halogens is 1. The molecule has 3 amide bonds. The molecule has 0 aliphatic heterocycles. The number of benzene rings is 1. The SMILES string of the molecule is C=CS(=O)(=O)C(=O)[C@H](CC(C)C)NC(=O)[C@H](CC(C)C)NC(=O)[C@@H](NC(=O)Cc1ccccc1)C([N+](=O)[O-])C(C)(O)CI. The number of sulfone groups is 1. The number of nitrogens with zero attached hydrogens (tertiary/aromatic N) is 1. The highest BCUT2D eigenvalue weighted by atomic mass is 127. The maximum atomic E-state index is 13.6. The van der Waals surface area contributed by atoms with E-state index in [9.17, 15) is 42.8 Å². The van der Waals surface area contributed by atoms with Crippen LogP contribution in [-0.2, 0) is 35.4 Å². The summed E-state index contributed by atoms with van der Waals surface area (Å²) in [6, 6.07) is 1.73. The van der Waals surface area contributed by atoms with Crippen LogP contribution in [0.15, 0.2) is 42.3 Å². The second-order valence-electron chi connectivity index (χ2n) is 11.3. The summed E-state index contributed by atoms with van der Waals surface area (Å²) in [5.74, 6) is -3.15. The zero-order valence-electron chi connectivity index (χ0n) is 24.9. The second-order valence-corrected chi connectivity index (χ2v) is 13.9. The number of rotatable bonds is 17. The fourth-order valence-corrected chi connectivity index (χ4v) is 5.45. The molecule has 43 heavy (non-hydrogen) atoms. The van der Waals surface area contributed by atoms with Crippen LogP contribution in [0.1, 0.15) is 53.0 Å². The van der Waals surface area contributed by atoms with Gasteiger partial charge in [-0.2, -0.15) is 0 Å². The van der Waals surface area contributed by atoms with E-state index in [0.29, 0.717) is 11.0 Å². The van der Waals surface area contributed by atoms with Crippen molar-refractivity contribution in [3.63, 3.8) is 0 Å². The van der Waals surface area contributed by atoms with E-state index in [-0.39, 0.29) is 35.5 Å². The van der Waals surface area contributed by atoms with Crippen molar-refractivity contribution in [2.24, 2.45) is 11.8 Å². The van der Waals surface area contributed by atoms with Gasteiger partial charge >= 0.3 is 0 Å². The normalized spacial score (nSPS) is 15.8. The Balaban J connectivity index is 3.44. The molecule has 0 fully saturated rings. The fraction of sp³-hybridized carbons (Fsp3) is 0.571. The highest BCUT2D eigenvalue weighted by Crippen LogP contribution is 2.21. The van der Waals surface area contributed by atoms with Gasteiger partial charge in [0.25, 0.3) is 17.1 Å². The number of nitrogens with one attached hydrogen (secondary N) is 3. The molecule has 4 N–H and O–H groups in total. The summed E-state index contributed by atoms with van der Waals surface area (Å²) in [4.78, 5) is 64.0. The van der Waals surface area contributed by atoms with E-state index in [1.165, 1.54) is 0 Å². The van der Waals surface area contributed by atoms with Crippen LogP contribution in [0.5, 0.6) is 0 Å². The van der Waals surface area contributed by atoms with Crippen LogP contribution in [0, 0.1) is 22.0 Å². The van der Waals surface area contributed by atoms with Crippen LogP contribution >= 0.6 is 22.6 Å². The van der Waals surface area contributed by atoms with Crippen molar-refractivity contribution in [2.45, 2.75) is 83.6 Å². The van der Waals surface area contributed by atoms with Gasteiger partial charge in [-0.15, -0.1) is 0 Å². The quantitative estimate of drug-likeness (QED) is 0.0795. The summed E-state index contributed by atoms with van der Waals surface area (Å²) >= 11 is 1.73. The molecule has 240 valence electrons.